The molecule has 1 aromatic heterocycles. The van der Waals surface area contributed by atoms with Crippen molar-refractivity contribution in [1.82, 2.24) is 9.55 Å². The van der Waals surface area contributed by atoms with Crippen LogP contribution in [-0.2, 0) is 5.41 Å². The third kappa shape index (κ3) is 4.40. The lowest BCUT2D eigenvalue weighted by Gasteiger charge is -2.34. The van der Waals surface area contributed by atoms with Crippen molar-refractivity contribution in [1.29, 1.82) is 0 Å². The van der Waals surface area contributed by atoms with Crippen LogP contribution in [0.2, 0.25) is 0 Å². The van der Waals surface area contributed by atoms with E-state index in [0.717, 1.165) is 44.8 Å². The lowest BCUT2D eigenvalue weighted by molar-refractivity contribution is 0.360. The van der Waals surface area contributed by atoms with Crippen molar-refractivity contribution in [2.45, 2.75) is 5.41 Å². The molecule has 254 valence electrons. The maximum atomic E-state index is 7.00. The van der Waals surface area contributed by atoms with Crippen LogP contribution in [0, 0.1) is 0 Å². The standard InChI is InChI=1S/C50H32N2O2/c1-4-17-33(18-5-1)50(34-19-6-2-7-20-34)41-27-13-12-24-37(41)40-31-46-47(32-42(40)50)53-45-30-16-26-38(48(45)54-46)36-23-10-11-25-39(36)49-51-43-28-14-15-29-44(43)52(49)35-21-8-3-9-22-35/h1-32H. The molecule has 0 fully saturated rings. The number of benzene rings is 8. The van der Waals surface area contributed by atoms with Crippen LogP contribution in [-0.4, -0.2) is 9.55 Å². The lowest BCUT2D eigenvalue weighted by Crippen LogP contribution is -2.28. The van der Waals surface area contributed by atoms with Crippen molar-refractivity contribution in [3.8, 4) is 62.3 Å². The molecular formula is C50H32N2O2. The Kier molecular flexibility index (Phi) is 6.73. The summed E-state index contributed by atoms with van der Waals surface area (Å²) in [6.45, 7) is 0. The molecule has 0 atom stereocenters. The monoisotopic (exact) mass is 692 g/mol. The number of para-hydroxylation sites is 4. The van der Waals surface area contributed by atoms with E-state index in [1.165, 1.54) is 27.8 Å². The molecule has 2 heterocycles. The van der Waals surface area contributed by atoms with Crippen LogP contribution in [0.1, 0.15) is 22.3 Å². The highest BCUT2D eigenvalue weighted by atomic mass is 16.6. The van der Waals surface area contributed by atoms with Crippen LogP contribution in [0.4, 0.5) is 0 Å². The maximum Gasteiger partial charge on any atom is 0.177 e. The molecule has 8 aromatic carbocycles. The van der Waals surface area contributed by atoms with Gasteiger partial charge in [0.05, 0.1) is 16.4 Å². The summed E-state index contributed by atoms with van der Waals surface area (Å²) in [5.41, 5.74) is 12.6. The van der Waals surface area contributed by atoms with E-state index >= 15 is 0 Å². The molecule has 9 aromatic rings. The number of nitrogens with zero attached hydrogens (tertiary/aromatic N) is 2. The van der Waals surface area contributed by atoms with Crippen molar-refractivity contribution in [2.75, 3.05) is 0 Å². The Morgan fingerprint density at radius 3 is 1.76 bits per heavy atom. The third-order valence-electron chi connectivity index (χ3n) is 11.0. The van der Waals surface area contributed by atoms with E-state index in [-0.39, 0.29) is 0 Å². The van der Waals surface area contributed by atoms with Crippen molar-refractivity contribution < 1.29 is 9.47 Å². The third-order valence-corrected chi connectivity index (χ3v) is 11.0. The van der Waals surface area contributed by atoms with Crippen molar-refractivity contribution in [3.05, 3.63) is 216 Å². The minimum absolute atomic E-state index is 0.530. The van der Waals surface area contributed by atoms with Gasteiger partial charge in [-0.1, -0.05) is 152 Å². The predicted octanol–water partition coefficient (Wildman–Crippen LogP) is 12.6. The van der Waals surface area contributed by atoms with E-state index in [1.54, 1.807) is 0 Å². The molecule has 0 amide bonds. The first-order chi connectivity index (χ1) is 26.8. The van der Waals surface area contributed by atoms with Crippen molar-refractivity contribution in [2.24, 2.45) is 0 Å². The van der Waals surface area contributed by atoms with Gasteiger partial charge in [-0.2, -0.15) is 0 Å². The topological polar surface area (TPSA) is 36.3 Å². The SMILES string of the molecule is c1ccc(-n2c(-c3ccccc3-c3cccc4c3Oc3cc5c(cc3O4)C(c3ccccc3)(c3ccccc3)c3ccccc3-5)nc3ccccc32)cc1. The molecule has 4 heteroatoms. The molecule has 11 rings (SSSR count). The van der Waals surface area contributed by atoms with Gasteiger partial charge in [-0.3, -0.25) is 4.57 Å². The minimum atomic E-state index is -0.530. The Labute approximate surface area is 313 Å². The normalized spacial score (nSPS) is 13.3. The van der Waals surface area contributed by atoms with Crippen LogP contribution >= 0.6 is 0 Å². The van der Waals surface area contributed by atoms with Gasteiger partial charge in [0, 0.05) is 16.8 Å². The summed E-state index contributed by atoms with van der Waals surface area (Å²) < 4.78 is 16.1. The minimum Gasteiger partial charge on any atom is -0.449 e. The van der Waals surface area contributed by atoms with Gasteiger partial charge >= 0.3 is 0 Å². The number of ether oxygens (including phenoxy) is 2. The van der Waals surface area contributed by atoms with Crippen LogP contribution in [0.25, 0.3) is 50.4 Å². The van der Waals surface area contributed by atoms with Crippen LogP contribution in [0.15, 0.2) is 194 Å². The molecule has 0 saturated carbocycles. The number of aromatic nitrogens is 2. The van der Waals surface area contributed by atoms with Gasteiger partial charge in [0.25, 0.3) is 0 Å². The first-order valence-corrected chi connectivity index (χ1v) is 18.3. The average Bonchev–Trinajstić information content (AvgIpc) is 3.77. The summed E-state index contributed by atoms with van der Waals surface area (Å²) in [4.78, 5) is 5.21. The van der Waals surface area contributed by atoms with E-state index in [1.807, 2.05) is 24.3 Å². The zero-order valence-corrected chi connectivity index (χ0v) is 29.2. The molecular weight excluding hydrogens is 661 g/mol. The fraction of sp³-hybridized carbons (Fsp3) is 0.0200. The highest BCUT2D eigenvalue weighted by Crippen LogP contribution is 2.60. The van der Waals surface area contributed by atoms with E-state index < -0.39 is 5.41 Å². The smallest absolute Gasteiger partial charge is 0.177 e. The molecule has 0 spiro atoms. The molecule has 0 bridgehead atoms. The summed E-state index contributed by atoms with van der Waals surface area (Å²) in [6, 6.07) is 68.1. The van der Waals surface area contributed by atoms with Crippen LogP contribution in [0.5, 0.6) is 23.0 Å². The summed E-state index contributed by atoms with van der Waals surface area (Å²) >= 11 is 0. The van der Waals surface area contributed by atoms with Gasteiger partial charge in [0.2, 0.25) is 0 Å². The van der Waals surface area contributed by atoms with E-state index in [4.69, 9.17) is 14.5 Å². The predicted molar refractivity (Wildman–Crippen MR) is 216 cm³/mol. The maximum absolute atomic E-state index is 7.00. The lowest BCUT2D eigenvalue weighted by atomic mass is 9.67. The molecule has 1 aliphatic carbocycles. The Hall–Kier alpha value is -7.17. The van der Waals surface area contributed by atoms with Crippen molar-refractivity contribution >= 4 is 11.0 Å². The molecule has 0 unspecified atom stereocenters. The van der Waals surface area contributed by atoms with Crippen molar-refractivity contribution in [3.63, 3.8) is 0 Å². The van der Waals surface area contributed by atoms with E-state index in [2.05, 4.69) is 174 Å². The highest BCUT2D eigenvalue weighted by molar-refractivity contribution is 5.92. The van der Waals surface area contributed by atoms with Crippen LogP contribution in [0.3, 0.4) is 0 Å². The molecule has 0 saturated heterocycles. The number of fused-ring (bicyclic) bond motifs is 6. The van der Waals surface area contributed by atoms with Gasteiger partial charge in [-0.05, 0) is 81.4 Å². The Morgan fingerprint density at radius 2 is 1.00 bits per heavy atom. The zero-order chi connectivity index (χ0) is 35.6. The van der Waals surface area contributed by atoms with E-state index in [9.17, 15) is 0 Å². The number of imidazole rings is 1. The fourth-order valence-corrected chi connectivity index (χ4v) is 8.71. The zero-order valence-electron chi connectivity index (χ0n) is 29.2. The number of rotatable bonds is 5. The van der Waals surface area contributed by atoms with Gasteiger partial charge in [0.15, 0.2) is 23.0 Å². The van der Waals surface area contributed by atoms with Crippen LogP contribution < -0.4 is 9.47 Å². The summed E-state index contributed by atoms with van der Waals surface area (Å²) in [5, 5.41) is 0. The highest BCUT2D eigenvalue weighted by Gasteiger charge is 2.47. The number of hydrogen-bond donors (Lipinski definition) is 0. The summed E-state index contributed by atoms with van der Waals surface area (Å²) in [5.74, 6) is 3.60. The second kappa shape index (κ2) is 11.9. The molecule has 1 aliphatic heterocycles. The second-order valence-corrected chi connectivity index (χ2v) is 13.8. The Bertz CT molecular complexity index is 2840. The molecule has 4 nitrogen and oxygen atoms in total. The average molecular weight is 693 g/mol. The molecule has 54 heavy (non-hydrogen) atoms. The Morgan fingerprint density at radius 1 is 0.407 bits per heavy atom. The quantitative estimate of drug-likeness (QED) is 0.180. The molecule has 0 radical (unpaired) electrons. The first-order valence-electron chi connectivity index (χ1n) is 18.3. The molecule has 2 aliphatic rings. The van der Waals surface area contributed by atoms with Gasteiger partial charge in [-0.25, -0.2) is 4.98 Å². The first kappa shape index (κ1) is 30.5. The summed E-state index contributed by atoms with van der Waals surface area (Å²) in [7, 11) is 0. The number of hydrogen-bond acceptors (Lipinski definition) is 3. The van der Waals surface area contributed by atoms with E-state index in [0.29, 0.717) is 23.0 Å². The summed E-state index contributed by atoms with van der Waals surface area (Å²) in [6.07, 6.45) is 0. The second-order valence-electron chi connectivity index (χ2n) is 13.8. The largest absolute Gasteiger partial charge is 0.449 e. The fourth-order valence-electron chi connectivity index (χ4n) is 8.71. The Balaban J connectivity index is 1.09. The van der Waals surface area contributed by atoms with Gasteiger partial charge in [0.1, 0.15) is 5.82 Å². The van der Waals surface area contributed by atoms with Gasteiger partial charge in [-0.15, -0.1) is 0 Å². The van der Waals surface area contributed by atoms with Gasteiger partial charge < -0.3 is 9.47 Å². The molecule has 0 N–H and O–H groups in total.